The molecule has 11 heteroatoms. The lowest BCUT2D eigenvalue weighted by Crippen LogP contribution is -2.49. The summed E-state index contributed by atoms with van der Waals surface area (Å²) < 4.78 is 5.29. The zero-order valence-electron chi connectivity index (χ0n) is 17.5. The highest BCUT2D eigenvalue weighted by molar-refractivity contribution is 6.25. The summed E-state index contributed by atoms with van der Waals surface area (Å²) in [5.41, 5.74) is 11.8. The number of piperidine rings is 1. The van der Waals surface area contributed by atoms with Crippen LogP contribution in [0.2, 0.25) is 0 Å². The van der Waals surface area contributed by atoms with Crippen molar-refractivity contribution in [1.29, 1.82) is 0 Å². The lowest BCUT2D eigenvalue weighted by Gasteiger charge is -2.30. The summed E-state index contributed by atoms with van der Waals surface area (Å²) in [5, 5.41) is 12.1. The topological polar surface area (TPSA) is 146 Å². The molecule has 0 radical (unpaired) electrons. The number of nitrogens with one attached hydrogen (secondary N) is 3. The van der Waals surface area contributed by atoms with Crippen molar-refractivity contribution < 1.29 is 19.1 Å². The Morgan fingerprint density at radius 1 is 1.12 bits per heavy atom. The molecular weight excluding hydrogens is 414 g/mol. The Balaban J connectivity index is 1.35. The van der Waals surface area contributed by atoms with Crippen LogP contribution in [0.5, 0.6) is 0 Å². The van der Waals surface area contributed by atoms with Gasteiger partial charge in [-0.25, -0.2) is 14.6 Å². The summed E-state index contributed by atoms with van der Waals surface area (Å²) in [6.45, 7) is 3.40. The first-order valence-corrected chi connectivity index (χ1v) is 10.7. The number of likely N-dealkylation sites (tertiary alicyclic amines) is 1. The third-order valence-electron chi connectivity index (χ3n) is 6.29. The third kappa shape index (κ3) is 3.59. The maximum absolute atomic E-state index is 13.4. The first-order chi connectivity index (χ1) is 15.5. The van der Waals surface area contributed by atoms with Crippen molar-refractivity contribution >= 4 is 23.5 Å². The zero-order valence-corrected chi connectivity index (χ0v) is 17.5. The number of carbonyl (C=O) groups excluding carboxylic acids is 3. The second kappa shape index (κ2) is 8.24. The number of ketones is 1. The molecule has 11 nitrogen and oxygen atoms in total. The third-order valence-corrected chi connectivity index (χ3v) is 6.29. The highest BCUT2D eigenvalue weighted by Gasteiger charge is 2.37. The van der Waals surface area contributed by atoms with Gasteiger partial charge in [0.25, 0.3) is 0 Å². The smallest absolute Gasteiger partial charge is 0.333 e. The number of nitrogens with two attached hydrogens (primary N) is 1. The second-order valence-corrected chi connectivity index (χ2v) is 8.18. The number of morpholine rings is 1. The Labute approximate surface area is 184 Å². The summed E-state index contributed by atoms with van der Waals surface area (Å²) in [5.74, 6) is -0.0942. The van der Waals surface area contributed by atoms with E-state index in [9.17, 15) is 14.4 Å². The Kier molecular flexibility index (Phi) is 5.27. The van der Waals surface area contributed by atoms with Gasteiger partial charge in [0.15, 0.2) is 5.78 Å². The van der Waals surface area contributed by atoms with Crippen molar-refractivity contribution in [1.82, 2.24) is 25.5 Å². The number of carbonyl (C=O) groups is 3. The molecule has 1 aromatic heterocycles. The molecule has 1 aromatic carbocycles. The fourth-order valence-corrected chi connectivity index (χ4v) is 4.65. The van der Waals surface area contributed by atoms with E-state index in [1.165, 1.54) is 0 Å². The number of benzene rings is 1. The largest absolute Gasteiger partial charge is 0.379 e. The molecule has 0 atom stereocenters. The Morgan fingerprint density at radius 2 is 1.88 bits per heavy atom. The van der Waals surface area contributed by atoms with Crippen LogP contribution < -0.4 is 16.5 Å². The Hall–Kier alpha value is -3.44. The van der Waals surface area contributed by atoms with Crippen LogP contribution in [0.15, 0.2) is 18.2 Å². The summed E-state index contributed by atoms with van der Waals surface area (Å²) >= 11 is 0. The minimum Gasteiger partial charge on any atom is -0.379 e. The summed E-state index contributed by atoms with van der Waals surface area (Å²) in [4.78, 5) is 39.0. The lowest BCUT2D eigenvalue weighted by molar-refractivity contribution is 0.0207. The molecule has 2 aliphatic heterocycles. The number of hydrogen-bond donors (Lipinski definition) is 4. The maximum atomic E-state index is 13.4. The van der Waals surface area contributed by atoms with E-state index in [2.05, 4.69) is 20.9 Å². The van der Waals surface area contributed by atoms with Crippen LogP contribution >= 0.6 is 0 Å². The highest BCUT2D eigenvalue weighted by atomic mass is 16.5. The number of anilines is 1. The molecule has 1 aliphatic carbocycles. The summed E-state index contributed by atoms with van der Waals surface area (Å²) in [6, 6.07) is 4.55. The zero-order chi connectivity index (χ0) is 22.2. The molecule has 0 unspecified atom stereocenters. The number of hydrogen-bond acceptors (Lipinski definition) is 6. The van der Waals surface area contributed by atoms with Crippen molar-refractivity contribution in [3.8, 4) is 11.3 Å². The van der Waals surface area contributed by atoms with Crippen molar-refractivity contribution in [3.05, 3.63) is 35.0 Å². The summed E-state index contributed by atoms with van der Waals surface area (Å²) in [7, 11) is 0. The molecule has 0 spiro atoms. The fraction of sp³-hybridized carbons (Fsp3) is 0.429. The van der Waals surface area contributed by atoms with Gasteiger partial charge in [0.05, 0.1) is 41.4 Å². The van der Waals surface area contributed by atoms with Gasteiger partial charge >= 0.3 is 12.1 Å². The molecule has 0 bridgehead atoms. The molecule has 4 amide bonds. The van der Waals surface area contributed by atoms with E-state index in [1.807, 2.05) is 6.07 Å². The number of H-pyrrole nitrogens is 1. The average molecular weight is 439 g/mol. The number of urea groups is 2. The van der Waals surface area contributed by atoms with E-state index in [-0.39, 0.29) is 11.7 Å². The van der Waals surface area contributed by atoms with Crippen LogP contribution in [0, 0.1) is 0 Å². The van der Waals surface area contributed by atoms with Gasteiger partial charge in [-0.1, -0.05) is 12.1 Å². The molecule has 2 aromatic rings. The Morgan fingerprint density at radius 3 is 2.59 bits per heavy atom. The van der Waals surface area contributed by atoms with E-state index >= 15 is 0 Å². The van der Waals surface area contributed by atoms with Crippen LogP contribution in [-0.4, -0.2) is 77.3 Å². The number of rotatable bonds is 3. The predicted octanol–water partition coefficient (Wildman–Crippen LogP) is 1.25. The monoisotopic (exact) mass is 439 g/mol. The van der Waals surface area contributed by atoms with E-state index in [0.29, 0.717) is 80.4 Å². The van der Waals surface area contributed by atoms with Gasteiger partial charge < -0.3 is 20.7 Å². The molecule has 32 heavy (non-hydrogen) atoms. The number of aromatic nitrogens is 2. The quantitative estimate of drug-likeness (QED) is 0.483. The SMILES string of the molecule is NC(=O)N1CCC(c2n[nH]c3c2C(=O)c2c(NC(=O)NN4CCOCC4)cccc2-3)CC1. The van der Waals surface area contributed by atoms with E-state index in [1.54, 1.807) is 22.0 Å². The van der Waals surface area contributed by atoms with Gasteiger partial charge in [-0.3, -0.25) is 15.3 Å². The van der Waals surface area contributed by atoms with Gasteiger partial charge in [-0.2, -0.15) is 5.10 Å². The fourth-order valence-electron chi connectivity index (χ4n) is 4.65. The molecule has 3 heterocycles. The number of amides is 4. The highest BCUT2D eigenvalue weighted by Crippen LogP contribution is 2.43. The maximum Gasteiger partial charge on any atom is 0.333 e. The van der Waals surface area contributed by atoms with Gasteiger partial charge in [0, 0.05) is 37.7 Å². The van der Waals surface area contributed by atoms with Crippen LogP contribution in [0.1, 0.15) is 40.4 Å². The van der Waals surface area contributed by atoms with Crippen LogP contribution in [0.25, 0.3) is 11.3 Å². The van der Waals surface area contributed by atoms with Crippen molar-refractivity contribution in [2.75, 3.05) is 44.7 Å². The lowest BCUT2D eigenvalue weighted by atomic mass is 9.90. The number of aromatic amines is 1. The molecule has 5 rings (SSSR count). The first-order valence-electron chi connectivity index (χ1n) is 10.7. The summed E-state index contributed by atoms with van der Waals surface area (Å²) in [6.07, 6.45) is 1.38. The second-order valence-electron chi connectivity index (χ2n) is 8.18. The molecule has 2 saturated heterocycles. The number of ether oxygens (including phenoxy) is 1. The molecule has 2 fully saturated rings. The van der Waals surface area contributed by atoms with Crippen LogP contribution in [0.3, 0.4) is 0 Å². The van der Waals surface area contributed by atoms with Crippen LogP contribution in [0.4, 0.5) is 15.3 Å². The minimum atomic E-state index is -0.426. The molecular formula is C21H25N7O4. The number of primary amides is 1. The first kappa shape index (κ1) is 20.5. The van der Waals surface area contributed by atoms with E-state index in [4.69, 9.17) is 10.5 Å². The normalized spacial score (nSPS) is 18.9. The number of fused-ring (bicyclic) bond motifs is 3. The standard InChI is InChI=1S/C21H25N7O4/c22-20(30)27-6-4-12(5-7-27)17-16-18(25-24-17)13-2-1-3-14(15(13)19(16)29)23-21(31)26-28-8-10-32-11-9-28/h1-3,12H,4-11H2,(H2,22,30)(H,24,25)(H2,23,26,31). The van der Waals surface area contributed by atoms with Crippen molar-refractivity contribution in [2.45, 2.75) is 18.8 Å². The van der Waals surface area contributed by atoms with Crippen molar-refractivity contribution in [2.24, 2.45) is 5.73 Å². The number of nitrogens with zero attached hydrogens (tertiary/aromatic N) is 3. The average Bonchev–Trinajstić information content (AvgIpc) is 3.35. The van der Waals surface area contributed by atoms with E-state index < -0.39 is 12.1 Å². The molecule has 5 N–H and O–H groups in total. The van der Waals surface area contributed by atoms with Gasteiger partial charge in [0.2, 0.25) is 0 Å². The van der Waals surface area contributed by atoms with Crippen molar-refractivity contribution in [3.63, 3.8) is 0 Å². The molecule has 3 aliphatic rings. The van der Waals surface area contributed by atoms with Gasteiger partial charge in [-0.05, 0) is 18.9 Å². The van der Waals surface area contributed by atoms with Gasteiger partial charge in [0.1, 0.15) is 0 Å². The minimum absolute atomic E-state index is 0.0601. The van der Waals surface area contributed by atoms with Crippen LogP contribution in [-0.2, 0) is 4.74 Å². The molecule has 0 saturated carbocycles. The number of hydrazine groups is 1. The molecule has 168 valence electrons. The van der Waals surface area contributed by atoms with E-state index in [0.717, 1.165) is 5.56 Å². The van der Waals surface area contributed by atoms with Gasteiger partial charge in [-0.15, -0.1) is 0 Å². The Bertz CT molecular complexity index is 1070. The predicted molar refractivity (Wildman–Crippen MR) is 115 cm³/mol.